The number of hydrogen-bond acceptors (Lipinski definition) is 3. The molecule has 112 valence electrons. The lowest BCUT2D eigenvalue weighted by Gasteiger charge is -2.25. The zero-order valence-corrected chi connectivity index (χ0v) is 12.3. The van der Waals surface area contributed by atoms with Gasteiger partial charge in [-0.05, 0) is 18.6 Å². The number of halogens is 1. The van der Waals surface area contributed by atoms with Crippen LogP contribution >= 0.6 is 11.8 Å². The van der Waals surface area contributed by atoms with Gasteiger partial charge < -0.3 is 10.0 Å². The molecule has 1 aliphatic rings. The van der Waals surface area contributed by atoms with Crippen LogP contribution < -0.4 is 0 Å². The van der Waals surface area contributed by atoms with E-state index >= 15 is 0 Å². The van der Waals surface area contributed by atoms with Crippen molar-refractivity contribution in [3.05, 3.63) is 41.7 Å². The minimum absolute atomic E-state index is 0.149. The molecule has 1 N–H and O–H groups in total. The molecule has 1 amide bonds. The van der Waals surface area contributed by atoms with E-state index in [4.69, 9.17) is 0 Å². The van der Waals surface area contributed by atoms with Gasteiger partial charge in [-0.25, -0.2) is 9.18 Å². The summed E-state index contributed by atoms with van der Waals surface area (Å²) in [6.45, 7) is 1.91. The van der Waals surface area contributed by atoms with Crippen molar-refractivity contribution < 1.29 is 19.1 Å². The Morgan fingerprint density at radius 2 is 2.19 bits per heavy atom. The summed E-state index contributed by atoms with van der Waals surface area (Å²) in [6.07, 6.45) is 3.29. The normalized spacial score (nSPS) is 21.9. The van der Waals surface area contributed by atoms with Gasteiger partial charge >= 0.3 is 5.97 Å². The molecule has 1 aromatic carbocycles. The van der Waals surface area contributed by atoms with E-state index in [0.29, 0.717) is 17.7 Å². The van der Waals surface area contributed by atoms with Gasteiger partial charge in [0.2, 0.25) is 5.91 Å². The first-order valence-corrected chi connectivity index (χ1v) is 7.68. The van der Waals surface area contributed by atoms with Crippen LogP contribution in [-0.4, -0.2) is 39.1 Å². The zero-order valence-electron chi connectivity index (χ0n) is 11.5. The predicted octanol–water partition coefficient (Wildman–Crippen LogP) is 2.60. The van der Waals surface area contributed by atoms with Crippen molar-refractivity contribution in [1.29, 1.82) is 0 Å². The number of thioether (sulfide) groups is 1. The van der Waals surface area contributed by atoms with Crippen LogP contribution in [-0.2, 0) is 9.59 Å². The first-order chi connectivity index (χ1) is 10.0. The maximum absolute atomic E-state index is 13.5. The standard InChI is InChI=1S/C15H16FNO3S/c1-2-14-17(12(9-21-14)15(19)20)13(18)8-7-10-5-3-4-6-11(10)16/h3-8,12,14H,2,9H2,1H3,(H,19,20). The van der Waals surface area contributed by atoms with Gasteiger partial charge in [-0.2, -0.15) is 0 Å². The SMILES string of the molecule is CCC1SCC(C(=O)O)N1C(=O)C=Cc1ccccc1F. The van der Waals surface area contributed by atoms with Gasteiger partial charge in [0.25, 0.3) is 0 Å². The molecule has 2 atom stereocenters. The molecule has 0 aliphatic carbocycles. The zero-order chi connectivity index (χ0) is 15.4. The first-order valence-electron chi connectivity index (χ1n) is 6.64. The second-order valence-electron chi connectivity index (χ2n) is 4.65. The minimum atomic E-state index is -1.01. The maximum atomic E-state index is 13.5. The van der Waals surface area contributed by atoms with E-state index in [1.54, 1.807) is 18.2 Å². The fourth-order valence-electron chi connectivity index (χ4n) is 2.22. The highest BCUT2D eigenvalue weighted by Crippen LogP contribution is 2.31. The number of amides is 1. The van der Waals surface area contributed by atoms with Crippen LogP contribution in [0.5, 0.6) is 0 Å². The summed E-state index contributed by atoms with van der Waals surface area (Å²) >= 11 is 1.46. The third-order valence-corrected chi connectivity index (χ3v) is 4.75. The molecule has 21 heavy (non-hydrogen) atoms. The number of aliphatic carboxylic acids is 1. The smallest absolute Gasteiger partial charge is 0.327 e. The summed E-state index contributed by atoms with van der Waals surface area (Å²) in [6, 6.07) is 5.29. The van der Waals surface area contributed by atoms with E-state index in [2.05, 4.69) is 0 Å². The summed E-state index contributed by atoms with van der Waals surface area (Å²) in [5, 5.41) is 9.03. The van der Waals surface area contributed by atoms with Crippen LogP contribution in [0.25, 0.3) is 6.08 Å². The number of rotatable bonds is 4. The summed E-state index contributed by atoms with van der Waals surface area (Å²) < 4.78 is 13.5. The van der Waals surface area contributed by atoms with E-state index in [1.807, 2.05) is 6.92 Å². The molecule has 1 saturated heterocycles. The lowest BCUT2D eigenvalue weighted by molar-refractivity contribution is -0.147. The molecule has 1 heterocycles. The van der Waals surface area contributed by atoms with Crippen molar-refractivity contribution in [2.75, 3.05) is 5.75 Å². The van der Waals surface area contributed by atoms with E-state index in [-0.39, 0.29) is 5.37 Å². The number of hydrogen-bond donors (Lipinski definition) is 1. The van der Waals surface area contributed by atoms with Gasteiger partial charge in [-0.3, -0.25) is 4.79 Å². The van der Waals surface area contributed by atoms with Crippen molar-refractivity contribution in [2.45, 2.75) is 24.8 Å². The molecular weight excluding hydrogens is 293 g/mol. The molecule has 0 aromatic heterocycles. The Morgan fingerprint density at radius 3 is 2.81 bits per heavy atom. The summed E-state index contributed by atoms with van der Waals surface area (Å²) in [4.78, 5) is 24.8. The Morgan fingerprint density at radius 1 is 1.48 bits per heavy atom. The fourth-order valence-corrected chi connectivity index (χ4v) is 3.58. The fraction of sp³-hybridized carbons (Fsp3) is 0.333. The Balaban J connectivity index is 2.17. The molecule has 0 saturated carbocycles. The van der Waals surface area contributed by atoms with Gasteiger partial charge in [0.1, 0.15) is 11.9 Å². The van der Waals surface area contributed by atoms with E-state index in [9.17, 15) is 19.1 Å². The van der Waals surface area contributed by atoms with Crippen molar-refractivity contribution >= 4 is 29.7 Å². The van der Waals surface area contributed by atoms with Crippen molar-refractivity contribution in [3.63, 3.8) is 0 Å². The maximum Gasteiger partial charge on any atom is 0.327 e. The van der Waals surface area contributed by atoms with Crippen LogP contribution in [0.15, 0.2) is 30.3 Å². The molecule has 2 unspecified atom stereocenters. The van der Waals surface area contributed by atoms with E-state index < -0.39 is 23.7 Å². The van der Waals surface area contributed by atoms with Crippen LogP contribution in [0.2, 0.25) is 0 Å². The van der Waals surface area contributed by atoms with Crippen LogP contribution in [0.4, 0.5) is 4.39 Å². The lowest BCUT2D eigenvalue weighted by atomic mass is 10.2. The third-order valence-electron chi connectivity index (χ3n) is 3.29. The van der Waals surface area contributed by atoms with Gasteiger partial charge in [-0.1, -0.05) is 25.1 Å². The number of benzene rings is 1. The highest BCUT2D eigenvalue weighted by atomic mass is 32.2. The highest BCUT2D eigenvalue weighted by Gasteiger charge is 2.39. The molecule has 1 fully saturated rings. The van der Waals surface area contributed by atoms with Crippen molar-refractivity contribution in [3.8, 4) is 0 Å². The summed E-state index contributed by atoms with van der Waals surface area (Å²) in [5.74, 6) is -1.44. The van der Waals surface area contributed by atoms with Gasteiger partial charge in [0.05, 0.1) is 5.37 Å². The monoisotopic (exact) mass is 309 g/mol. The molecule has 0 bridgehead atoms. The summed E-state index contributed by atoms with van der Waals surface area (Å²) in [7, 11) is 0. The molecular formula is C15H16FNO3S. The Labute approximate surface area is 126 Å². The number of carboxylic acid groups (broad SMARTS) is 1. The highest BCUT2D eigenvalue weighted by molar-refractivity contribution is 8.00. The Hall–Kier alpha value is -1.82. The van der Waals surface area contributed by atoms with E-state index in [0.717, 1.165) is 0 Å². The molecule has 0 spiro atoms. The lowest BCUT2D eigenvalue weighted by Crippen LogP contribution is -2.44. The molecule has 1 aliphatic heterocycles. The third kappa shape index (κ3) is 3.44. The molecule has 6 heteroatoms. The quantitative estimate of drug-likeness (QED) is 0.869. The van der Waals surface area contributed by atoms with Crippen LogP contribution in [0.1, 0.15) is 18.9 Å². The topological polar surface area (TPSA) is 57.6 Å². The van der Waals surface area contributed by atoms with Crippen molar-refractivity contribution in [2.24, 2.45) is 0 Å². The van der Waals surface area contributed by atoms with Crippen LogP contribution in [0.3, 0.4) is 0 Å². The van der Waals surface area contributed by atoms with Crippen LogP contribution in [0, 0.1) is 5.82 Å². The average molecular weight is 309 g/mol. The molecule has 2 rings (SSSR count). The molecule has 1 aromatic rings. The minimum Gasteiger partial charge on any atom is -0.480 e. The number of carboxylic acids is 1. The van der Waals surface area contributed by atoms with Crippen molar-refractivity contribution in [1.82, 2.24) is 4.90 Å². The van der Waals surface area contributed by atoms with Gasteiger partial charge in [0, 0.05) is 17.4 Å². The Kier molecular flexibility index (Phi) is 5.01. The summed E-state index contributed by atoms with van der Waals surface area (Å²) in [5.41, 5.74) is 0.303. The van der Waals surface area contributed by atoms with E-state index in [1.165, 1.54) is 34.9 Å². The predicted molar refractivity (Wildman–Crippen MR) is 80.2 cm³/mol. The Bertz CT molecular complexity index is 576. The molecule has 0 radical (unpaired) electrons. The van der Waals surface area contributed by atoms with Gasteiger partial charge in [-0.15, -0.1) is 11.8 Å². The van der Waals surface area contributed by atoms with Gasteiger partial charge in [0.15, 0.2) is 0 Å². The number of nitrogens with zero attached hydrogens (tertiary/aromatic N) is 1. The molecule has 4 nitrogen and oxygen atoms in total. The average Bonchev–Trinajstić information content (AvgIpc) is 2.90. The first kappa shape index (κ1) is 15.6. The largest absolute Gasteiger partial charge is 0.480 e. The second-order valence-corrected chi connectivity index (χ2v) is 5.86. The number of carbonyl (C=O) groups is 2. The number of carbonyl (C=O) groups excluding carboxylic acids is 1. The second kappa shape index (κ2) is 6.76.